The number of methoxy groups -OCH3 is 2. The molecule has 0 bridgehead atoms. The van der Waals surface area contributed by atoms with Crippen LogP contribution in [0.1, 0.15) is 19.4 Å². The molecule has 1 aliphatic heterocycles. The fourth-order valence-corrected chi connectivity index (χ4v) is 2.84. The number of piperazine rings is 1. The van der Waals surface area contributed by atoms with Gasteiger partial charge in [0, 0.05) is 25.8 Å². The normalized spacial score (nSPS) is 17.5. The van der Waals surface area contributed by atoms with E-state index in [0.29, 0.717) is 17.1 Å². The van der Waals surface area contributed by atoms with Crippen LogP contribution in [0.25, 0.3) is 0 Å². The molecule has 1 saturated heterocycles. The molecule has 25 heavy (non-hydrogen) atoms. The molecule has 8 heteroatoms. The number of carbonyl (C=O) groups excluding carboxylic acids is 4. The molecule has 1 aromatic rings. The van der Waals surface area contributed by atoms with Gasteiger partial charge in [0.2, 0.25) is 17.7 Å². The molecule has 4 amide bonds. The zero-order chi connectivity index (χ0) is 18.7. The smallest absolute Gasteiger partial charge is 0.253 e. The number of hydrogen-bond donors (Lipinski definition) is 0. The van der Waals surface area contributed by atoms with Crippen LogP contribution in [0.15, 0.2) is 18.2 Å². The number of benzene rings is 1. The van der Waals surface area contributed by atoms with Gasteiger partial charge in [0.25, 0.3) is 5.91 Å². The second kappa shape index (κ2) is 7.33. The van der Waals surface area contributed by atoms with Crippen LogP contribution in [0.5, 0.6) is 11.5 Å². The first-order valence-corrected chi connectivity index (χ1v) is 7.65. The van der Waals surface area contributed by atoms with Gasteiger partial charge in [-0.05, 0) is 18.2 Å². The second-order valence-electron chi connectivity index (χ2n) is 5.62. The highest BCUT2D eigenvalue weighted by Gasteiger charge is 2.43. The van der Waals surface area contributed by atoms with E-state index in [2.05, 4.69) is 0 Å². The standard InChI is InChI=1S/C17H20N2O6/c1-10(20)18-9-16(22)19(11(2)21)14(17(18)23)8-12-7-13(24-3)5-6-15(12)25-4/h5-7,14H,8-9H2,1-4H3. The van der Waals surface area contributed by atoms with Crippen LogP contribution < -0.4 is 9.47 Å². The Morgan fingerprint density at radius 3 is 2.32 bits per heavy atom. The van der Waals surface area contributed by atoms with Crippen LogP contribution in [-0.2, 0) is 25.6 Å². The van der Waals surface area contributed by atoms with Crippen LogP contribution in [-0.4, -0.2) is 60.2 Å². The van der Waals surface area contributed by atoms with Crippen LogP contribution in [0.2, 0.25) is 0 Å². The molecule has 1 aromatic carbocycles. The Hall–Kier alpha value is -2.90. The molecule has 0 aromatic heterocycles. The van der Waals surface area contributed by atoms with Crippen molar-refractivity contribution in [3.8, 4) is 11.5 Å². The van der Waals surface area contributed by atoms with Gasteiger partial charge in [-0.3, -0.25) is 29.0 Å². The summed E-state index contributed by atoms with van der Waals surface area (Å²) in [6.45, 7) is 1.99. The summed E-state index contributed by atoms with van der Waals surface area (Å²) in [6, 6.07) is 3.93. The molecule has 1 aliphatic rings. The number of amides is 4. The van der Waals surface area contributed by atoms with Crippen LogP contribution in [0.4, 0.5) is 0 Å². The molecule has 0 N–H and O–H groups in total. The van der Waals surface area contributed by atoms with Gasteiger partial charge in [-0.15, -0.1) is 0 Å². The van der Waals surface area contributed by atoms with Crippen molar-refractivity contribution in [1.82, 2.24) is 9.80 Å². The highest BCUT2D eigenvalue weighted by Crippen LogP contribution is 2.28. The Morgan fingerprint density at radius 2 is 1.80 bits per heavy atom. The fraction of sp³-hybridized carbons (Fsp3) is 0.412. The summed E-state index contributed by atoms with van der Waals surface area (Å²) in [5.74, 6) is -1.23. The molecule has 134 valence electrons. The van der Waals surface area contributed by atoms with E-state index < -0.39 is 36.2 Å². The minimum Gasteiger partial charge on any atom is -0.497 e. The van der Waals surface area contributed by atoms with Crippen molar-refractivity contribution in [3.63, 3.8) is 0 Å². The quantitative estimate of drug-likeness (QED) is 0.781. The van der Waals surface area contributed by atoms with E-state index in [-0.39, 0.29) is 6.42 Å². The number of imide groups is 2. The molecule has 1 atom stereocenters. The minimum atomic E-state index is -1.11. The summed E-state index contributed by atoms with van der Waals surface area (Å²) in [6.07, 6.45) is 0.0221. The highest BCUT2D eigenvalue weighted by molar-refractivity contribution is 6.09. The van der Waals surface area contributed by atoms with Crippen LogP contribution in [0.3, 0.4) is 0 Å². The molecule has 1 unspecified atom stereocenters. The fourth-order valence-electron chi connectivity index (χ4n) is 2.84. The first-order valence-electron chi connectivity index (χ1n) is 7.65. The lowest BCUT2D eigenvalue weighted by Crippen LogP contribution is -2.62. The van der Waals surface area contributed by atoms with Gasteiger partial charge in [0.1, 0.15) is 24.1 Å². The topological polar surface area (TPSA) is 93.2 Å². The van der Waals surface area contributed by atoms with E-state index in [4.69, 9.17) is 9.47 Å². The molecule has 8 nitrogen and oxygen atoms in total. The van der Waals surface area contributed by atoms with Gasteiger partial charge in [-0.1, -0.05) is 0 Å². The summed E-state index contributed by atoms with van der Waals surface area (Å²) in [7, 11) is 2.98. The van der Waals surface area contributed by atoms with Gasteiger partial charge in [-0.2, -0.15) is 0 Å². The van der Waals surface area contributed by atoms with Gasteiger partial charge >= 0.3 is 0 Å². The van der Waals surface area contributed by atoms with Gasteiger partial charge in [0.05, 0.1) is 14.2 Å². The van der Waals surface area contributed by atoms with Crippen molar-refractivity contribution in [2.45, 2.75) is 26.3 Å². The monoisotopic (exact) mass is 348 g/mol. The molecular weight excluding hydrogens is 328 g/mol. The average Bonchev–Trinajstić information content (AvgIpc) is 2.57. The van der Waals surface area contributed by atoms with Crippen molar-refractivity contribution in [2.75, 3.05) is 20.8 Å². The van der Waals surface area contributed by atoms with E-state index >= 15 is 0 Å². The Bertz CT molecular complexity index is 730. The minimum absolute atomic E-state index is 0.0221. The van der Waals surface area contributed by atoms with Crippen molar-refractivity contribution in [3.05, 3.63) is 23.8 Å². The lowest BCUT2D eigenvalue weighted by molar-refractivity contribution is -0.166. The lowest BCUT2D eigenvalue weighted by atomic mass is 9.99. The third-order valence-electron chi connectivity index (χ3n) is 4.05. The zero-order valence-electron chi connectivity index (χ0n) is 14.6. The number of hydrogen-bond acceptors (Lipinski definition) is 6. The van der Waals surface area contributed by atoms with Gasteiger partial charge < -0.3 is 9.47 Å². The number of ether oxygens (including phenoxy) is 2. The number of nitrogens with zero attached hydrogens (tertiary/aromatic N) is 2. The number of carbonyl (C=O) groups is 4. The predicted molar refractivity (Wildman–Crippen MR) is 87.0 cm³/mol. The maximum Gasteiger partial charge on any atom is 0.253 e. The van der Waals surface area contributed by atoms with Crippen molar-refractivity contribution >= 4 is 23.6 Å². The summed E-state index contributed by atoms with van der Waals surface area (Å²) < 4.78 is 10.5. The molecule has 0 radical (unpaired) electrons. The number of rotatable bonds is 4. The highest BCUT2D eigenvalue weighted by atomic mass is 16.5. The first kappa shape index (κ1) is 18.4. The van der Waals surface area contributed by atoms with E-state index in [0.717, 1.165) is 9.80 Å². The van der Waals surface area contributed by atoms with Gasteiger partial charge in [0.15, 0.2) is 0 Å². The Morgan fingerprint density at radius 1 is 1.12 bits per heavy atom. The zero-order valence-corrected chi connectivity index (χ0v) is 14.6. The Labute approximate surface area is 145 Å². The third-order valence-corrected chi connectivity index (χ3v) is 4.05. The molecule has 0 aliphatic carbocycles. The maximum atomic E-state index is 12.7. The van der Waals surface area contributed by atoms with Crippen LogP contribution in [0, 0.1) is 0 Å². The third kappa shape index (κ3) is 3.62. The van der Waals surface area contributed by atoms with Crippen molar-refractivity contribution in [1.29, 1.82) is 0 Å². The lowest BCUT2D eigenvalue weighted by Gasteiger charge is -2.37. The molecule has 2 rings (SSSR count). The van der Waals surface area contributed by atoms with Gasteiger partial charge in [-0.25, -0.2) is 0 Å². The van der Waals surface area contributed by atoms with Crippen molar-refractivity contribution in [2.24, 2.45) is 0 Å². The van der Waals surface area contributed by atoms with E-state index in [9.17, 15) is 19.2 Å². The molecule has 1 heterocycles. The molecule has 1 fully saturated rings. The SMILES string of the molecule is COc1ccc(OC)c(CC2C(=O)N(C(C)=O)CC(=O)N2C(C)=O)c1. The predicted octanol–water partition coefficient (Wildman–Crippen LogP) is 0.379. The largest absolute Gasteiger partial charge is 0.497 e. The summed E-state index contributed by atoms with van der Waals surface area (Å²) in [5.41, 5.74) is 0.588. The Balaban J connectivity index is 2.45. The van der Waals surface area contributed by atoms with E-state index in [1.165, 1.54) is 28.1 Å². The summed E-state index contributed by atoms with van der Waals surface area (Å²) in [4.78, 5) is 50.3. The molecule has 0 saturated carbocycles. The van der Waals surface area contributed by atoms with Crippen molar-refractivity contribution < 1.29 is 28.7 Å². The van der Waals surface area contributed by atoms with E-state index in [1.54, 1.807) is 18.2 Å². The van der Waals surface area contributed by atoms with E-state index in [1.807, 2.05) is 0 Å². The second-order valence-corrected chi connectivity index (χ2v) is 5.62. The Kier molecular flexibility index (Phi) is 5.41. The van der Waals surface area contributed by atoms with Crippen LogP contribution >= 0.6 is 0 Å². The maximum absolute atomic E-state index is 12.7. The first-order chi connectivity index (χ1) is 11.8. The summed E-state index contributed by atoms with van der Waals surface area (Å²) >= 11 is 0. The molecule has 0 spiro atoms. The summed E-state index contributed by atoms with van der Waals surface area (Å²) in [5, 5.41) is 0. The molecular formula is C17H20N2O6. The average molecular weight is 348 g/mol.